The van der Waals surface area contributed by atoms with E-state index in [-0.39, 0.29) is 10.1 Å². The molecular formula is C17H16ClN3O4S3. The zero-order valence-electron chi connectivity index (χ0n) is 14.7. The lowest BCUT2D eigenvalue weighted by molar-refractivity contribution is -0.119. The standard InChI is InChI=1S/C17H16ClN3O4S3/c1-25-10-4-5-11-13(9-10)26-17(19-11)20-16(22)12-3-2-8-21(12)28(23,24)15-7-6-14(18)27-15/h4-7,9,12H,2-3,8H2,1H3,(H,19,20,22)/t12-/m0/s1. The third-order valence-corrected chi connectivity index (χ3v) is 8.98. The molecule has 1 aliphatic heterocycles. The number of amides is 1. The van der Waals surface area contributed by atoms with Crippen molar-refractivity contribution in [1.29, 1.82) is 0 Å². The van der Waals surface area contributed by atoms with E-state index in [2.05, 4.69) is 10.3 Å². The number of sulfonamides is 1. The van der Waals surface area contributed by atoms with Crippen LogP contribution in [0, 0.1) is 0 Å². The van der Waals surface area contributed by atoms with Gasteiger partial charge in [-0.15, -0.1) is 11.3 Å². The molecule has 2 aromatic heterocycles. The third kappa shape index (κ3) is 3.62. The summed E-state index contributed by atoms with van der Waals surface area (Å²) < 4.78 is 33.7. The summed E-state index contributed by atoms with van der Waals surface area (Å²) in [4.78, 5) is 17.2. The van der Waals surface area contributed by atoms with E-state index >= 15 is 0 Å². The quantitative estimate of drug-likeness (QED) is 0.629. The van der Waals surface area contributed by atoms with Gasteiger partial charge in [-0.25, -0.2) is 13.4 Å². The van der Waals surface area contributed by atoms with Crippen molar-refractivity contribution in [2.24, 2.45) is 0 Å². The van der Waals surface area contributed by atoms with Crippen LogP contribution in [0.25, 0.3) is 10.2 Å². The van der Waals surface area contributed by atoms with Gasteiger partial charge in [0.2, 0.25) is 5.91 Å². The fourth-order valence-corrected chi connectivity index (χ4v) is 7.28. The summed E-state index contributed by atoms with van der Waals surface area (Å²) in [5, 5.41) is 3.20. The molecule has 0 bridgehead atoms. The maximum Gasteiger partial charge on any atom is 0.253 e. The van der Waals surface area contributed by atoms with Gasteiger partial charge in [-0.2, -0.15) is 4.31 Å². The van der Waals surface area contributed by atoms with E-state index in [1.54, 1.807) is 19.2 Å². The van der Waals surface area contributed by atoms with Crippen molar-refractivity contribution in [3.8, 4) is 5.75 Å². The lowest BCUT2D eigenvalue weighted by Gasteiger charge is -2.22. The molecule has 1 atom stereocenters. The lowest BCUT2D eigenvalue weighted by Crippen LogP contribution is -2.42. The number of carbonyl (C=O) groups is 1. The molecule has 1 aliphatic rings. The van der Waals surface area contributed by atoms with Crippen molar-refractivity contribution in [3.63, 3.8) is 0 Å². The molecule has 1 saturated heterocycles. The predicted octanol–water partition coefficient (Wildman–Crippen LogP) is 3.81. The number of rotatable bonds is 5. The highest BCUT2D eigenvalue weighted by atomic mass is 35.5. The number of halogens is 1. The minimum Gasteiger partial charge on any atom is -0.497 e. The number of nitrogens with zero attached hydrogens (tertiary/aromatic N) is 2. The number of ether oxygens (including phenoxy) is 1. The number of carbonyl (C=O) groups excluding carboxylic acids is 1. The molecule has 0 spiro atoms. The van der Waals surface area contributed by atoms with Crippen molar-refractivity contribution < 1.29 is 17.9 Å². The summed E-state index contributed by atoms with van der Waals surface area (Å²) in [6.45, 7) is 0.299. The zero-order valence-corrected chi connectivity index (χ0v) is 17.9. The SMILES string of the molecule is COc1ccc2nc(NC(=O)[C@@H]3CCCN3S(=O)(=O)c3ccc(Cl)s3)sc2c1. The second-order valence-corrected chi connectivity index (χ2v) is 11.0. The van der Waals surface area contributed by atoms with Gasteiger partial charge >= 0.3 is 0 Å². The Bertz CT molecular complexity index is 1140. The molecule has 4 rings (SSSR count). The van der Waals surface area contributed by atoms with Gasteiger partial charge in [-0.1, -0.05) is 22.9 Å². The van der Waals surface area contributed by atoms with Crippen molar-refractivity contribution in [2.75, 3.05) is 19.0 Å². The number of hydrogen-bond donors (Lipinski definition) is 1. The Morgan fingerprint density at radius 1 is 1.32 bits per heavy atom. The first-order valence-electron chi connectivity index (χ1n) is 8.41. The van der Waals surface area contributed by atoms with Crippen LogP contribution in [-0.2, 0) is 14.8 Å². The first-order valence-corrected chi connectivity index (χ1v) is 11.9. The topological polar surface area (TPSA) is 88.6 Å². The van der Waals surface area contributed by atoms with Gasteiger partial charge in [0.25, 0.3) is 10.0 Å². The van der Waals surface area contributed by atoms with Crippen molar-refractivity contribution in [1.82, 2.24) is 9.29 Å². The number of thiazole rings is 1. The molecule has 11 heteroatoms. The van der Waals surface area contributed by atoms with Crippen LogP contribution in [0.5, 0.6) is 5.75 Å². The van der Waals surface area contributed by atoms with Crippen LogP contribution in [-0.4, -0.2) is 43.3 Å². The predicted molar refractivity (Wildman–Crippen MR) is 111 cm³/mol. The van der Waals surface area contributed by atoms with E-state index in [1.807, 2.05) is 12.1 Å². The number of aromatic nitrogens is 1. The Morgan fingerprint density at radius 3 is 2.86 bits per heavy atom. The van der Waals surface area contributed by atoms with Gasteiger partial charge < -0.3 is 10.1 Å². The van der Waals surface area contributed by atoms with Gasteiger partial charge in [-0.05, 0) is 43.2 Å². The summed E-state index contributed by atoms with van der Waals surface area (Å²) in [5.41, 5.74) is 0.741. The maximum absolute atomic E-state index is 12.9. The average Bonchev–Trinajstić information content (AvgIpc) is 3.39. The third-order valence-electron chi connectivity index (χ3n) is 4.44. The van der Waals surface area contributed by atoms with Crippen molar-refractivity contribution in [2.45, 2.75) is 23.1 Å². The highest BCUT2D eigenvalue weighted by Crippen LogP contribution is 2.33. The molecule has 28 heavy (non-hydrogen) atoms. The number of thiophene rings is 1. The largest absolute Gasteiger partial charge is 0.497 e. The molecule has 3 heterocycles. The summed E-state index contributed by atoms with van der Waals surface area (Å²) in [5.74, 6) is 0.325. The molecule has 7 nitrogen and oxygen atoms in total. The van der Waals surface area contributed by atoms with E-state index < -0.39 is 16.1 Å². The van der Waals surface area contributed by atoms with Crippen molar-refractivity contribution in [3.05, 3.63) is 34.7 Å². The smallest absolute Gasteiger partial charge is 0.253 e. The van der Waals surface area contributed by atoms with Gasteiger partial charge in [0.15, 0.2) is 5.13 Å². The van der Waals surface area contributed by atoms with Gasteiger partial charge in [0.1, 0.15) is 16.0 Å². The van der Waals surface area contributed by atoms with Crippen LogP contribution in [0.2, 0.25) is 4.34 Å². The van der Waals surface area contributed by atoms with Crippen LogP contribution in [0.1, 0.15) is 12.8 Å². The van der Waals surface area contributed by atoms with Crippen LogP contribution in [0.15, 0.2) is 34.5 Å². The summed E-state index contributed by atoms with van der Waals surface area (Å²) in [6.07, 6.45) is 1.08. The summed E-state index contributed by atoms with van der Waals surface area (Å²) in [6, 6.07) is 7.69. The normalized spacial score (nSPS) is 17.9. The number of hydrogen-bond acceptors (Lipinski definition) is 7. The minimum absolute atomic E-state index is 0.143. The second-order valence-electron chi connectivity index (χ2n) is 6.17. The fraction of sp³-hybridized carbons (Fsp3) is 0.294. The molecule has 3 aromatic rings. The van der Waals surface area contributed by atoms with Gasteiger partial charge in [-0.3, -0.25) is 4.79 Å². The first-order chi connectivity index (χ1) is 13.4. The maximum atomic E-state index is 12.9. The molecule has 1 N–H and O–H groups in total. The van der Waals surface area contributed by atoms with Gasteiger partial charge in [0, 0.05) is 6.54 Å². The first kappa shape index (κ1) is 19.6. The number of benzene rings is 1. The Balaban J connectivity index is 1.55. The fourth-order valence-electron chi connectivity index (χ4n) is 3.12. The average molecular weight is 458 g/mol. The molecule has 1 amide bonds. The van der Waals surface area contributed by atoms with Crippen molar-refractivity contribution >= 4 is 65.6 Å². The molecule has 1 aromatic carbocycles. The highest BCUT2D eigenvalue weighted by Gasteiger charge is 2.40. The van der Waals surface area contributed by atoms with E-state index in [0.717, 1.165) is 21.6 Å². The van der Waals surface area contributed by atoms with Crippen LogP contribution in [0.4, 0.5) is 5.13 Å². The van der Waals surface area contributed by atoms with E-state index in [9.17, 15) is 13.2 Å². The molecule has 0 saturated carbocycles. The molecular weight excluding hydrogens is 442 g/mol. The number of fused-ring (bicyclic) bond motifs is 1. The highest BCUT2D eigenvalue weighted by molar-refractivity contribution is 7.91. The Morgan fingerprint density at radius 2 is 2.14 bits per heavy atom. The van der Waals surface area contributed by atoms with Crippen LogP contribution < -0.4 is 10.1 Å². The molecule has 0 unspecified atom stereocenters. The number of methoxy groups -OCH3 is 1. The monoisotopic (exact) mass is 457 g/mol. The summed E-state index contributed by atoms with van der Waals surface area (Å²) >= 11 is 8.18. The molecule has 0 radical (unpaired) electrons. The lowest BCUT2D eigenvalue weighted by atomic mass is 10.2. The molecule has 148 valence electrons. The second kappa shape index (κ2) is 7.60. The van der Waals surface area contributed by atoms with Crippen LogP contribution >= 0.6 is 34.3 Å². The Hall–Kier alpha value is -1.72. The zero-order chi connectivity index (χ0) is 19.9. The Labute approximate surface area is 175 Å². The molecule has 1 fully saturated rings. The molecule has 0 aliphatic carbocycles. The number of nitrogens with one attached hydrogen (secondary N) is 1. The van der Waals surface area contributed by atoms with Gasteiger partial charge in [0.05, 0.1) is 21.7 Å². The van der Waals surface area contributed by atoms with E-state index in [0.29, 0.717) is 34.6 Å². The summed E-state index contributed by atoms with van der Waals surface area (Å²) in [7, 11) is -2.18. The Kier molecular flexibility index (Phi) is 5.32. The minimum atomic E-state index is -3.76. The van der Waals surface area contributed by atoms with E-state index in [1.165, 1.54) is 21.7 Å². The number of anilines is 1. The van der Waals surface area contributed by atoms with E-state index in [4.69, 9.17) is 16.3 Å². The van der Waals surface area contributed by atoms with Crippen LogP contribution in [0.3, 0.4) is 0 Å².